The number of hydrogen-bond donors (Lipinski definition) is 0. The van der Waals surface area contributed by atoms with E-state index < -0.39 is 11.8 Å². The standard InChI is InChI=1S/C11H20O3/c1-6-9(3)8-13-10(12)14-11(4,5)7-2/h7,9H,2,6,8H2,1,3-5H3. The monoisotopic (exact) mass is 200 g/mol. The second kappa shape index (κ2) is 5.68. The van der Waals surface area contributed by atoms with Crippen molar-refractivity contribution >= 4 is 6.16 Å². The molecule has 1 atom stereocenters. The lowest BCUT2D eigenvalue weighted by molar-refractivity contribution is -0.0000692. The van der Waals surface area contributed by atoms with E-state index in [1.807, 2.05) is 13.8 Å². The molecule has 0 aliphatic rings. The van der Waals surface area contributed by atoms with Crippen LogP contribution in [0.15, 0.2) is 12.7 Å². The van der Waals surface area contributed by atoms with Crippen LogP contribution in [0, 0.1) is 5.92 Å². The highest BCUT2D eigenvalue weighted by Crippen LogP contribution is 2.11. The van der Waals surface area contributed by atoms with Gasteiger partial charge in [-0.2, -0.15) is 0 Å². The van der Waals surface area contributed by atoms with Gasteiger partial charge in [-0.3, -0.25) is 0 Å². The maximum Gasteiger partial charge on any atom is 0.509 e. The van der Waals surface area contributed by atoms with Crippen molar-refractivity contribution in [2.24, 2.45) is 5.92 Å². The summed E-state index contributed by atoms with van der Waals surface area (Å²) in [4.78, 5) is 11.1. The molecular weight excluding hydrogens is 180 g/mol. The average molecular weight is 200 g/mol. The smallest absolute Gasteiger partial charge is 0.434 e. The van der Waals surface area contributed by atoms with Gasteiger partial charge in [0.05, 0.1) is 6.61 Å². The van der Waals surface area contributed by atoms with E-state index in [9.17, 15) is 4.79 Å². The molecule has 0 aliphatic heterocycles. The van der Waals surface area contributed by atoms with Crippen LogP contribution in [0.1, 0.15) is 34.1 Å². The molecule has 0 saturated heterocycles. The highest BCUT2D eigenvalue weighted by Gasteiger charge is 2.19. The fourth-order valence-corrected chi connectivity index (χ4v) is 0.614. The summed E-state index contributed by atoms with van der Waals surface area (Å²) in [6.45, 7) is 11.5. The summed E-state index contributed by atoms with van der Waals surface area (Å²) in [7, 11) is 0. The number of hydrogen-bond acceptors (Lipinski definition) is 3. The SMILES string of the molecule is C=CC(C)(C)OC(=O)OCC(C)CC. The van der Waals surface area contributed by atoms with Crippen molar-refractivity contribution in [3.63, 3.8) is 0 Å². The van der Waals surface area contributed by atoms with Gasteiger partial charge in [0.1, 0.15) is 5.60 Å². The molecule has 0 saturated carbocycles. The van der Waals surface area contributed by atoms with Crippen molar-refractivity contribution in [1.29, 1.82) is 0 Å². The lowest BCUT2D eigenvalue weighted by Gasteiger charge is -2.20. The van der Waals surface area contributed by atoms with Crippen LogP contribution >= 0.6 is 0 Å². The van der Waals surface area contributed by atoms with Crippen molar-refractivity contribution in [2.45, 2.75) is 39.7 Å². The molecule has 3 nitrogen and oxygen atoms in total. The van der Waals surface area contributed by atoms with Crippen LogP contribution in [0.2, 0.25) is 0 Å². The third-order valence-electron chi connectivity index (χ3n) is 2.02. The molecule has 0 aromatic heterocycles. The van der Waals surface area contributed by atoms with Gasteiger partial charge in [0, 0.05) is 0 Å². The van der Waals surface area contributed by atoms with Gasteiger partial charge in [-0.05, 0) is 25.8 Å². The van der Waals surface area contributed by atoms with Crippen LogP contribution < -0.4 is 0 Å². The molecule has 0 rings (SSSR count). The summed E-state index contributed by atoms with van der Waals surface area (Å²) in [6, 6.07) is 0. The molecule has 0 fully saturated rings. The van der Waals surface area contributed by atoms with Gasteiger partial charge in [-0.1, -0.05) is 26.8 Å². The maximum atomic E-state index is 11.1. The minimum atomic E-state index is -0.660. The Morgan fingerprint density at radius 3 is 2.57 bits per heavy atom. The molecule has 0 aromatic rings. The molecule has 0 aliphatic carbocycles. The Labute approximate surface area is 86.1 Å². The lowest BCUT2D eigenvalue weighted by atomic mass is 10.1. The van der Waals surface area contributed by atoms with Crippen molar-refractivity contribution in [3.8, 4) is 0 Å². The normalized spacial score (nSPS) is 13.1. The molecule has 1 unspecified atom stereocenters. The summed E-state index contributed by atoms with van der Waals surface area (Å²) >= 11 is 0. The minimum absolute atomic E-state index is 0.370. The molecule has 0 spiro atoms. The van der Waals surface area contributed by atoms with Crippen LogP contribution in [-0.2, 0) is 9.47 Å². The zero-order chi connectivity index (χ0) is 11.2. The van der Waals surface area contributed by atoms with E-state index in [1.165, 1.54) is 0 Å². The Morgan fingerprint density at radius 1 is 1.57 bits per heavy atom. The molecule has 0 heterocycles. The largest absolute Gasteiger partial charge is 0.509 e. The molecule has 0 N–H and O–H groups in total. The molecule has 0 radical (unpaired) electrons. The molecule has 0 bridgehead atoms. The maximum absolute atomic E-state index is 11.1. The predicted octanol–water partition coefficient (Wildman–Crippen LogP) is 3.15. The first-order chi connectivity index (χ1) is 6.41. The Bertz CT molecular complexity index is 197. The second-order valence-corrected chi connectivity index (χ2v) is 3.98. The second-order valence-electron chi connectivity index (χ2n) is 3.98. The van der Waals surface area contributed by atoms with Crippen LogP contribution in [0.4, 0.5) is 4.79 Å². The molecule has 3 heteroatoms. The fourth-order valence-electron chi connectivity index (χ4n) is 0.614. The first kappa shape index (κ1) is 13.0. The summed E-state index contributed by atoms with van der Waals surface area (Å²) < 4.78 is 9.93. The van der Waals surface area contributed by atoms with Crippen LogP contribution in [0.3, 0.4) is 0 Å². The topological polar surface area (TPSA) is 35.5 Å². The highest BCUT2D eigenvalue weighted by molar-refractivity contribution is 5.60. The third-order valence-corrected chi connectivity index (χ3v) is 2.02. The van der Waals surface area contributed by atoms with Crippen LogP contribution in [-0.4, -0.2) is 18.4 Å². The van der Waals surface area contributed by atoms with Crippen LogP contribution in [0.5, 0.6) is 0 Å². The van der Waals surface area contributed by atoms with Crippen molar-refractivity contribution in [2.75, 3.05) is 6.61 Å². The molecule has 14 heavy (non-hydrogen) atoms. The van der Waals surface area contributed by atoms with Crippen molar-refractivity contribution in [3.05, 3.63) is 12.7 Å². The predicted molar refractivity (Wildman–Crippen MR) is 56.2 cm³/mol. The first-order valence-corrected chi connectivity index (χ1v) is 4.90. The third kappa shape index (κ3) is 5.62. The van der Waals surface area contributed by atoms with E-state index in [0.717, 1.165) is 6.42 Å². The quantitative estimate of drug-likeness (QED) is 0.505. The lowest BCUT2D eigenvalue weighted by Crippen LogP contribution is -2.26. The highest BCUT2D eigenvalue weighted by atomic mass is 16.7. The van der Waals surface area contributed by atoms with Gasteiger partial charge in [0.25, 0.3) is 0 Å². The Kier molecular flexibility index (Phi) is 5.28. The van der Waals surface area contributed by atoms with E-state index in [4.69, 9.17) is 9.47 Å². The van der Waals surface area contributed by atoms with Gasteiger partial charge in [0.15, 0.2) is 0 Å². The van der Waals surface area contributed by atoms with E-state index in [0.29, 0.717) is 12.5 Å². The zero-order valence-corrected chi connectivity index (χ0v) is 9.50. The first-order valence-electron chi connectivity index (χ1n) is 4.90. The van der Waals surface area contributed by atoms with E-state index in [2.05, 4.69) is 6.58 Å². The average Bonchev–Trinajstić information content (AvgIpc) is 2.13. The minimum Gasteiger partial charge on any atom is -0.434 e. The summed E-state index contributed by atoms with van der Waals surface area (Å²) in [5.74, 6) is 0.370. The van der Waals surface area contributed by atoms with Gasteiger partial charge in [-0.25, -0.2) is 4.79 Å². The Balaban J connectivity index is 3.82. The Morgan fingerprint density at radius 2 is 2.14 bits per heavy atom. The molecule has 82 valence electrons. The van der Waals surface area contributed by atoms with Crippen molar-refractivity contribution < 1.29 is 14.3 Å². The zero-order valence-electron chi connectivity index (χ0n) is 9.50. The summed E-state index contributed by atoms with van der Waals surface area (Å²) in [5.41, 5.74) is -0.660. The van der Waals surface area contributed by atoms with E-state index >= 15 is 0 Å². The summed E-state index contributed by atoms with van der Waals surface area (Å²) in [6.07, 6.45) is 1.92. The number of rotatable bonds is 5. The van der Waals surface area contributed by atoms with E-state index in [1.54, 1.807) is 19.9 Å². The van der Waals surface area contributed by atoms with Gasteiger partial charge >= 0.3 is 6.16 Å². The van der Waals surface area contributed by atoms with Gasteiger partial charge in [0.2, 0.25) is 0 Å². The van der Waals surface area contributed by atoms with E-state index in [-0.39, 0.29) is 0 Å². The number of carbonyl (C=O) groups excluding carboxylic acids is 1. The van der Waals surface area contributed by atoms with Gasteiger partial charge in [-0.15, -0.1) is 0 Å². The fraction of sp³-hybridized carbons (Fsp3) is 0.727. The van der Waals surface area contributed by atoms with Gasteiger partial charge < -0.3 is 9.47 Å². The number of carbonyl (C=O) groups is 1. The number of ether oxygens (including phenoxy) is 2. The Hall–Kier alpha value is -0.990. The summed E-state index contributed by atoms with van der Waals surface area (Å²) in [5, 5.41) is 0. The van der Waals surface area contributed by atoms with Crippen molar-refractivity contribution in [1.82, 2.24) is 0 Å². The van der Waals surface area contributed by atoms with Crippen LogP contribution in [0.25, 0.3) is 0 Å². The molecule has 0 amide bonds. The molecule has 0 aromatic carbocycles. The molecular formula is C11H20O3.